The molecule has 0 fully saturated rings. The van der Waals surface area contributed by atoms with Gasteiger partial charge in [0.25, 0.3) is 5.82 Å². The Morgan fingerprint density at radius 1 is 1.25 bits per heavy atom. The van der Waals surface area contributed by atoms with Crippen LogP contribution in [-0.4, -0.2) is 0 Å². The van der Waals surface area contributed by atoms with Crippen molar-refractivity contribution in [3.05, 3.63) is 53.3 Å². The van der Waals surface area contributed by atoms with Gasteiger partial charge in [-0.2, -0.15) is 0 Å². The van der Waals surface area contributed by atoms with Crippen molar-refractivity contribution in [3.63, 3.8) is 0 Å². The summed E-state index contributed by atoms with van der Waals surface area (Å²) in [5, 5.41) is 5.61. The zero-order chi connectivity index (χ0) is 11.4. The summed E-state index contributed by atoms with van der Waals surface area (Å²) in [5.41, 5.74) is 0.611. The number of benzene rings is 1. The fourth-order valence-electron chi connectivity index (χ4n) is 1.29. The van der Waals surface area contributed by atoms with Crippen molar-refractivity contribution >= 4 is 17.2 Å². The van der Waals surface area contributed by atoms with Crippen molar-refractivity contribution in [1.29, 1.82) is 0 Å². The minimum atomic E-state index is -0.361. The van der Waals surface area contributed by atoms with Crippen molar-refractivity contribution in [2.45, 2.75) is 0 Å². The SMILES string of the molecule is O=Nc1cc[nH+]c(Nc2ccccc2F)c1. The van der Waals surface area contributed by atoms with Gasteiger partial charge in [0.15, 0.2) is 11.5 Å². The van der Waals surface area contributed by atoms with Gasteiger partial charge in [-0.25, -0.2) is 14.7 Å². The lowest BCUT2D eigenvalue weighted by Crippen LogP contribution is -2.09. The number of halogens is 1. The largest absolute Gasteiger partial charge is 0.279 e. The van der Waals surface area contributed by atoms with Gasteiger partial charge < -0.3 is 0 Å². The predicted octanol–water partition coefficient (Wildman–Crippen LogP) is 2.78. The molecule has 1 aromatic heterocycles. The van der Waals surface area contributed by atoms with Crippen LogP contribution in [0, 0.1) is 10.7 Å². The van der Waals surface area contributed by atoms with Gasteiger partial charge in [-0.05, 0) is 17.3 Å². The number of nitroso groups, excluding NO2 is 1. The molecule has 0 bridgehead atoms. The number of anilines is 2. The third-order valence-electron chi connectivity index (χ3n) is 2.03. The summed E-state index contributed by atoms with van der Waals surface area (Å²) in [6.45, 7) is 0. The maximum atomic E-state index is 13.3. The molecule has 2 rings (SSSR count). The minimum absolute atomic E-state index is 0.276. The lowest BCUT2D eigenvalue weighted by Gasteiger charge is -1.99. The van der Waals surface area contributed by atoms with E-state index in [0.717, 1.165) is 0 Å². The van der Waals surface area contributed by atoms with Crippen LogP contribution in [0.3, 0.4) is 0 Å². The van der Waals surface area contributed by atoms with E-state index in [2.05, 4.69) is 15.5 Å². The number of para-hydroxylation sites is 1. The molecule has 0 saturated carbocycles. The molecule has 1 heterocycles. The second kappa shape index (κ2) is 4.48. The fraction of sp³-hybridized carbons (Fsp3) is 0. The van der Waals surface area contributed by atoms with Gasteiger partial charge in [0.1, 0.15) is 5.69 Å². The molecule has 0 radical (unpaired) electrons. The monoisotopic (exact) mass is 218 g/mol. The third-order valence-corrected chi connectivity index (χ3v) is 2.03. The highest BCUT2D eigenvalue weighted by molar-refractivity contribution is 5.57. The highest BCUT2D eigenvalue weighted by Gasteiger charge is 2.08. The van der Waals surface area contributed by atoms with Crippen LogP contribution in [0.2, 0.25) is 0 Å². The number of nitrogens with one attached hydrogen (secondary N) is 2. The van der Waals surface area contributed by atoms with Gasteiger partial charge >= 0.3 is 0 Å². The molecule has 5 heteroatoms. The maximum Gasteiger partial charge on any atom is 0.279 e. The lowest BCUT2D eigenvalue weighted by molar-refractivity contribution is -0.360. The summed E-state index contributed by atoms with van der Waals surface area (Å²) < 4.78 is 13.3. The number of H-pyrrole nitrogens is 1. The third kappa shape index (κ3) is 2.20. The van der Waals surface area contributed by atoms with Gasteiger partial charge in [-0.1, -0.05) is 12.1 Å². The zero-order valence-corrected chi connectivity index (χ0v) is 8.27. The average Bonchev–Trinajstić information content (AvgIpc) is 2.32. The molecule has 0 atom stereocenters. The first-order valence-electron chi connectivity index (χ1n) is 4.66. The Hall–Kier alpha value is -2.30. The summed E-state index contributed by atoms with van der Waals surface area (Å²) in [7, 11) is 0. The van der Waals surface area contributed by atoms with Crippen molar-refractivity contribution < 1.29 is 9.37 Å². The fourth-order valence-corrected chi connectivity index (χ4v) is 1.29. The molecule has 80 valence electrons. The van der Waals surface area contributed by atoms with E-state index in [1.807, 2.05) is 0 Å². The highest BCUT2D eigenvalue weighted by atomic mass is 19.1. The molecule has 2 N–H and O–H groups in total. The highest BCUT2D eigenvalue weighted by Crippen LogP contribution is 2.19. The van der Waals surface area contributed by atoms with Gasteiger partial charge in [0.2, 0.25) is 0 Å². The van der Waals surface area contributed by atoms with Crippen molar-refractivity contribution in [3.8, 4) is 0 Å². The van der Waals surface area contributed by atoms with E-state index in [1.54, 1.807) is 24.4 Å². The molecular formula is C11H9FN3O+. The molecule has 0 spiro atoms. The molecule has 4 nitrogen and oxygen atoms in total. The molecule has 0 unspecified atom stereocenters. The van der Waals surface area contributed by atoms with Crippen LogP contribution >= 0.6 is 0 Å². The summed E-state index contributed by atoms with van der Waals surface area (Å²) in [6, 6.07) is 9.30. The summed E-state index contributed by atoms with van der Waals surface area (Å²) in [6.07, 6.45) is 1.56. The quantitative estimate of drug-likeness (QED) is 0.805. The first-order valence-corrected chi connectivity index (χ1v) is 4.66. The van der Waals surface area contributed by atoms with E-state index in [9.17, 15) is 9.30 Å². The van der Waals surface area contributed by atoms with Gasteiger partial charge in [0, 0.05) is 6.07 Å². The van der Waals surface area contributed by atoms with Gasteiger partial charge in [-0.15, -0.1) is 4.91 Å². The normalized spacial score (nSPS) is 9.81. The van der Waals surface area contributed by atoms with Gasteiger partial charge in [-0.3, -0.25) is 0 Å². The Balaban J connectivity index is 2.27. The predicted molar refractivity (Wildman–Crippen MR) is 58.1 cm³/mol. The van der Waals surface area contributed by atoms with E-state index in [-0.39, 0.29) is 11.5 Å². The number of aromatic amines is 1. The maximum absolute atomic E-state index is 13.3. The van der Waals surface area contributed by atoms with Crippen LogP contribution < -0.4 is 10.3 Å². The van der Waals surface area contributed by atoms with E-state index in [0.29, 0.717) is 11.5 Å². The second-order valence-corrected chi connectivity index (χ2v) is 3.16. The average molecular weight is 218 g/mol. The summed E-state index contributed by atoms with van der Waals surface area (Å²) in [4.78, 5) is 13.2. The number of hydrogen-bond donors (Lipinski definition) is 1. The molecule has 16 heavy (non-hydrogen) atoms. The molecular weight excluding hydrogens is 209 g/mol. The van der Waals surface area contributed by atoms with Crippen molar-refractivity contribution in [1.82, 2.24) is 0 Å². The first kappa shape index (κ1) is 10.2. The topological polar surface area (TPSA) is 55.6 Å². The van der Waals surface area contributed by atoms with Crippen LogP contribution in [0.5, 0.6) is 0 Å². The molecule has 0 aliphatic heterocycles. The molecule has 1 aromatic carbocycles. The van der Waals surface area contributed by atoms with E-state index in [4.69, 9.17) is 0 Å². The number of nitrogens with zero attached hydrogens (tertiary/aromatic N) is 1. The molecule has 0 amide bonds. The first-order chi connectivity index (χ1) is 7.79. The number of aromatic nitrogens is 1. The second-order valence-electron chi connectivity index (χ2n) is 3.16. The summed E-state index contributed by atoms with van der Waals surface area (Å²) in [5.74, 6) is 0.141. The molecule has 0 saturated heterocycles. The standard InChI is InChI=1S/C11H8FN3O/c12-9-3-1-2-4-10(9)14-11-7-8(15-16)5-6-13-11/h1-7H,(H,13,14)/p+1. The Labute approximate surface area is 91.1 Å². The smallest absolute Gasteiger partial charge is 0.247 e. The molecule has 0 aliphatic carbocycles. The number of rotatable bonds is 3. The Kier molecular flexibility index (Phi) is 2.86. The van der Waals surface area contributed by atoms with Crippen LogP contribution in [0.1, 0.15) is 0 Å². The van der Waals surface area contributed by atoms with E-state index >= 15 is 0 Å². The lowest BCUT2D eigenvalue weighted by atomic mass is 10.3. The Morgan fingerprint density at radius 3 is 2.81 bits per heavy atom. The molecule has 2 aromatic rings. The van der Waals surface area contributed by atoms with Crippen molar-refractivity contribution in [2.75, 3.05) is 5.32 Å². The van der Waals surface area contributed by atoms with Gasteiger partial charge in [0.05, 0.1) is 12.3 Å². The summed E-state index contributed by atoms with van der Waals surface area (Å²) >= 11 is 0. The Morgan fingerprint density at radius 2 is 2.06 bits per heavy atom. The van der Waals surface area contributed by atoms with Crippen LogP contribution in [0.15, 0.2) is 47.8 Å². The number of pyridine rings is 1. The zero-order valence-electron chi connectivity index (χ0n) is 8.27. The minimum Gasteiger partial charge on any atom is -0.247 e. The van der Waals surface area contributed by atoms with Crippen LogP contribution in [-0.2, 0) is 0 Å². The number of hydrogen-bond acceptors (Lipinski definition) is 3. The Bertz CT molecular complexity index is 516. The van der Waals surface area contributed by atoms with E-state index in [1.165, 1.54) is 18.2 Å². The van der Waals surface area contributed by atoms with E-state index < -0.39 is 0 Å². The molecule has 0 aliphatic rings. The van der Waals surface area contributed by atoms with Crippen molar-refractivity contribution in [2.24, 2.45) is 5.18 Å². The van der Waals surface area contributed by atoms with Crippen LogP contribution in [0.4, 0.5) is 21.6 Å². The van der Waals surface area contributed by atoms with Crippen LogP contribution in [0.25, 0.3) is 0 Å².